The number of ether oxygens (including phenoxy) is 1. The monoisotopic (exact) mass is 608 g/mol. The van der Waals surface area contributed by atoms with Crippen molar-refractivity contribution in [2.75, 3.05) is 0 Å². The first-order valence-electron chi connectivity index (χ1n) is 4.69. The number of unbranched alkanes of at least 4 members (excludes halogenated alkanes) is 3. The van der Waals surface area contributed by atoms with Crippen LogP contribution in [0.3, 0.4) is 0 Å². The largest absolute Gasteiger partial charge is 0.391 e. The van der Waals surface area contributed by atoms with E-state index in [4.69, 9.17) is 4.74 Å². The van der Waals surface area contributed by atoms with Gasteiger partial charge in [0.15, 0.2) is 0 Å². The fourth-order valence-corrected chi connectivity index (χ4v) is 1.24. The zero-order chi connectivity index (χ0) is 11.9. The first-order valence-corrected chi connectivity index (χ1v) is 7.93. The van der Waals surface area contributed by atoms with Crippen molar-refractivity contribution in [2.45, 2.75) is 38.5 Å². The second-order valence-electron chi connectivity index (χ2n) is 3.07. The summed E-state index contributed by atoms with van der Waals surface area (Å²) in [7, 11) is 0. The van der Waals surface area contributed by atoms with Gasteiger partial charge in [0.05, 0.1) is 0 Å². The molecule has 0 unspecified atom stereocenters. The third-order valence-electron chi connectivity index (χ3n) is 1.67. The number of carbonyl (C=O) groups excluding carboxylic acids is 2. The van der Waals surface area contributed by atoms with Crippen LogP contribution in [-0.4, -0.2) is 11.4 Å². The van der Waals surface area contributed by atoms with Crippen molar-refractivity contribution in [1.29, 1.82) is 0 Å². The third-order valence-corrected chi connectivity index (χ3v) is 2.99. The van der Waals surface area contributed by atoms with Gasteiger partial charge in [-0.25, -0.2) is 4.79 Å². The van der Waals surface area contributed by atoms with Crippen LogP contribution >= 0.6 is 67.8 Å². The zero-order valence-corrected chi connectivity index (χ0v) is 16.2. The summed E-state index contributed by atoms with van der Waals surface area (Å²) in [4.78, 5) is 22.5. The summed E-state index contributed by atoms with van der Waals surface area (Å²) in [6.07, 6.45) is 4.41. The van der Waals surface area contributed by atoms with E-state index in [2.05, 4.69) is 6.92 Å². The smallest absolute Gasteiger partial charge is 0.349 e. The van der Waals surface area contributed by atoms with Crippen molar-refractivity contribution in [1.82, 2.24) is 0 Å². The number of rotatable bonds is 6. The van der Waals surface area contributed by atoms with E-state index in [0.717, 1.165) is 25.7 Å². The van der Waals surface area contributed by atoms with Gasteiger partial charge in [0.1, 0.15) is 0 Å². The predicted molar refractivity (Wildman–Crippen MR) is 84.6 cm³/mol. The molecule has 0 spiro atoms. The molecule has 0 aliphatic carbocycles. The van der Waals surface area contributed by atoms with Gasteiger partial charge in [0, 0.05) is 22.9 Å². The Bertz CT molecular complexity index is 229. The van der Waals surface area contributed by atoms with Crippen molar-refractivity contribution in [3.05, 3.63) is 0 Å². The Kier molecular flexibility index (Phi) is 13.5. The second kappa shape index (κ2) is 10.7. The van der Waals surface area contributed by atoms with Crippen molar-refractivity contribution >= 4 is 79.7 Å². The van der Waals surface area contributed by atoms with Gasteiger partial charge in [0.2, 0.25) is -0.565 Å². The van der Waals surface area contributed by atoms with Gasteiger partial charge < -0.3 is 4.74 Å². The average molecular weight is 609 g/mol. The molecular weight excluding hydrogens is 596 g/mol. The standard InChI is InChI=1S/C9H13I3O3.Ni/c1-2-3-4-5-6-7(13)15-8(14)9(10,11)12;/h2-6H2,1H3;. The molecule has 0 aromatic rings. The van der Waals surface area contributed by atoms with E-state index in [1.165, 1.54) is 0 Å². The SMILES string of the molecule is CCCCCCC(=O)OC(=O)C(I)(I)I.[Ni]. The molecule has 7 heteroatoms. The van der Waals surface area contributed by atoms with Gasteiger partial charge in [-0.15, -0.1) is 0 Å². The molecule has 0 aliphatic rings. The molecule has 0 aromatic carbocycles. The van der Waals surface area contributed by atoms with Crippen LogP contribution in [0.25, 0.3) is 0 Å². The van der Waals surface area contributed by atoms with Crippen molar-refractivity contribution in [3.63, 3.8) is 0 Å². The van der Waals surface area contributed by atoms with Gasteiger partial charge >= 0.3 is 11.9 Å². The molecule has 0 rings (SSSR count). The number of carbonyl (C=O) groups is 2. The summed E-state index contributed by atoms with van der Waals surface area (Å²) in [6.45, 7) is 2.11. The van der Waals surface area contributed by atoms with Crippen LogP contribution in [0, 0.1) is 0 Å². The summed E-state index contributed by atoms with van der Waals surface area (Å²) < 4.78 is 4.01. The Balaban J connectivity index is 0. The van der Waals surface area contributed by atoms with Crippen LogP contribution in [-0.2, 0) is 30.8 Å². The molecule has 16 heavy (non-hydrogen) atoms. The van der Waals surface area contributed by atoms with Crippen LogP contribution in [0.5, 0.6) is 0 Å². The fraction of sp³-hybridized carbons (Fsp3) is 0.778. The molecule has 98 valence electrons. The summed E-state index contributed by atoms with van der Waals surface area (Å²) in [5, 5.41) is 0. The van der Waals surface area contributed by atoms with E-state index in [1.807, 2.05) is 67.8 Å². The number of esters is 2. The van der Waals surface area contributed by atoms with Gasteiger partial charge in [-0.05, 0) is 74.2 Å². The minimum Gasteiger partial charge on any atom is -0.391 e. The maximum Gasteiger partial charge on any atom is 0.349 e. The quantitative estimate of drug-likeness (QED) is 0.115. The normalized spacial score (nSPS) is 10.5. The molecule has 0 heterocycles. The minimum atomic E-state index is -0.688. The maximum absolute atomic E-state index is 11.3. The summed E-state index contributed by atoms with van der Waals surface area (Å²) in [5.41, 5.74) is 0. The number of alkyl halides is 3. The second-order valence-corrected chi connectivity index (χ2v) is 14.1. The van der Waals surface area contributed by atoms with E-state index >= 15 is 0 Å². The molecule has 0 saturated carbocycles. The van der Waals surface area contributed by atoms with Crippen LogP contribution in [0.4, 0.5) is 0 Å². The first-order chi connectivity index (χ1) is 6.88. The minimum absolute atomic E-state index is 0. The summed E-state index contributed by atoms with van der Waals surface area (Å²) in [5.74, 6) is -0.893. The summed E-state index contributed by atoms with van der Waals surface area (Å²) in [6, 6.07) is 0. The molecule has 3 nitrogen and oxygen atoms in total. The molecule has 0 N–H and O–H groups in total. The van der Waals surface area contributed by atoms with Crippen LogP contribution in [0.2, 0.25) is 0 Å². The summed E-state index contributed by atoms with van der Waals surface area (Å²) >= 11 is 5.80. The van der Waals surface area contributed by atoms with E-state index in [9.17, 15) is 9.59 Å². The number of hydrogen-bond acceptors (Lipinski definition) is 3. The molecule has 0 saturated heterocycles. The van der Waals surface area contributed by atoms with Crippen LogP contribution in [0.15, 0.2) is 0 Å². The van der Waals surface area contributed by atoms with E-state index in [-0.39, 0.29) is 16.5 Å². The topological polar surface area (TPSA) is 43.4 Å². The molecule has 0 bridgehead atoms. The van der Waals surface area contributed by atoms with Gasteiger partial charge in [0.25, 0.3) is 0 Å². The molecule has 0 aliphatic heterocycles. The van der Waals surface area contributed by atoms with Crippen molar-refractivity contribution in [3.8, 4) is 0 Å². The zero-order valence-electron chi connectivity index (χ0n) is 8.71. The molecular formula is C9H13I3NiO3. The Morgan fingerprint density at radius 1 is 1.12 bits per heavy atom. The Labute approximate surface area is 147 Å². The number of halogens is 3. The van der Waals surface area contributed by atoms with Crippen molar-refractivity contribution in [2.24, 2.45) is 0 Å². The van der Waals surface area contributed by atoms with E-state index < -0.39 is 11.4 Å². The Hall–Kier alpha value is 1.82. The van der Waals surface area contributed by atoms with Crippen molar-refractivity contribution < 1.29 is 30.8 Å². The van der Waals surface area contributed by atoms with Gasteiger partial charge in [-0.1, -0.05) is 26.2 Å². The van der Waals surface area contributed by atoms with Crippen LogP contribution in [0.1, 0.15) is 39.0 Å². The average Bonchev–Trinajstić information content (AvgIpc) is 2.11. The third kappa shape index (κ3) is 10.9. The molecule has 0 fully saturated rings. The Morgan fingerprint density at radius 2 is 1.69 bits per heavy atom. The molecule has 0 amide bonds. The Morgan fingerprint density at radius 3 is 2.12 bits per heavy atom. The van der Waals surface area contributed by atoms with Gasteiger partial charge in [-0.3, -0.25) is 4.79 Å². The first kappa shape index (κ1) is 20.1. The molecule has 0 radical (unpaired) electrons. The van der Waals surface area contributed by atoms with E-state index in [1.54, 1.807) is 0 Å². The maximum atomic E-state index is 11.3. The van der Waals surface area contributed by atoms with E-state index in [0.29, 0.717) is 6.42 Å². The molecule has 0 atom stereocenters. The fourth-order valence-electron chi connectivity index (χ4n) is 0.908. The molecule has 0 aromatic heterocycles. The predicted octanol–water partition coefficient (Wildman–Crippen LogP) is 3.98. The number of hydrogen-bond donors (Lipinski definition) is 0. The van der Waals surface area contributed by atoms with Gasteiger partial charge in [-0.2, -0.15) is 0 Å². The van der Waals surface area contributed by atoms with Crippen LogP contribution < -0.4 is 0 Å².